The highest BCUT2D eigenvalue weighted by atomic mass is 16.5. The van der Waals surface area contributed by atoms with Crippen molar-refractivity contribution in [3.63, 3.8) is 0 Å². The van der Waals surface area contributed by atoms with Crippen molar-refractivity contribution in [3.05, 3.63) is 53.6 Å². The summed E-state index contributed by atoms with van der Waals surface area (Å²) in [5, 5.41) is 3.17. The van der Waals surface area contributed by atoms with Crippen LogP contribution in [0.5, 0.6) is 17.2 Å². The fourth-order valence-corrected chi connectivity index (χ4v) is 3.52. The fourth-order valence-electron chi connectivity index (χ4n) is 3.52. The van der Waals surface area contributed by atoms with E-state index < -0.39 is 6.10 Å². The lowest BCUT2D eigenvalue weighted by Gasteiger charge is -2.38. The summed E-state index contributed by atoms with van der Waals surface area (Å²) in [5.41, 5.74) is 1.56. The Morgan fingerprint density at radius 3 is 2.71 bits per heavy atom. The molecular weight excluding hydrogens is 354 g/mol. The standard InChI is InChI=1S/C23H29NO4/c1-6-19(27-20-10-8-7-9-15(20)2)22(25)24-18-14-23(3,4)28-21-12-11-16(26-5)13-17(18)21/h7-13,18-19H,6,14H2,1-5H3,(H,24,25)/t18-,19-/m1/s1. The fraction of sp³-hybridized carbons (Fsp3) is 0.435. The Kier molecular flexibility index (Phi) is 5.82. The van der Waals surface area contributed by atoms with Gasteiger partial charge in [-0.05, 0) is 57.0 Å². The van der Waals surface area contributed by atoms with Crippen LogP contribution >= 0.6 is 0 Å². The normalized spacial score (nSPS) is 18.4. The molecule has 28 heavy (non-hydrogen) atoms. The second-order valence-electron chi connectivity index (χ2n) is 7.81. The van der Waals surface area contributed by atoms with Gasteiger partial charge in [0.2, 0.25) is 0 Å². The summed E-state index contributed by atoms with van der Waals surface area (Å²) in [6, 6.07) is 13.3. The molecule has 5 nitrogen and oxygen atoms in total. The van der Waals surface area contributed by atoms with Crippen LogP contribution in [0.1, 0.15) is 50.8 Å². The summed E-state index contributed by atoms with van der Waals surface area (Å²) in [4.78, 5) is 13.0. The second kappa shape index (κ2) is 8.13. The third-order valence-corrected chi connectivity index (χ3v) is 5.02. The molecule has 0 radical (unpaired) electrons. The first-order chi connectivity index (χ1) is 13.3. The van der Waals surface area contributed by atoms with Crippen molar-refractivity contribution >= 4 is 5.91 Å². The average molecular weight is 383 g/mol. The molecule has 1 aliphatic rings. The van der Waals surface area contributed by atoms with Gasteiger partial charge in [-0.1, -0.05) is 25.1 Å². The molecule has 3 rings (SSSR count). The maximum absolute atomic E-state index is 13.0. The van der Waals surface area contributed by atoms with Crippen LogP contribution < -0.4 is 19.5 Å². The maximum Gasteiger partial charge on any atom is 0.261 e. The SMILES string of the molecule is CC[C@@H](Oc1ccccc1C)C(=O)N[C@@H]1CC(C)(C)Oc2ccc(OC)cc21. The van der Waals surface area contributed by atoms with E-state index in [1.54, 1.807) is 7.11 Å². The van der Waals surface area contributed by atoms with Crippen molar-refractivity contribution in [3.8, 4) is 17.2 Å². The van der Waals surface area contributed by atoms with Crippen LogP contribution in [0.15, 0.2) is 42.5 Å². The minimum Gasteiger partial charge on any atom is -0.497 e. The monoisotopic (exact) mass is 383 g/mol. The third-order valence-electron chi connectivity index (χ3n) is 5.02. The Morgan fingerprint density at radius 2 is 2.04 bits per heavy atom. The van der Waals surface area contributed by atoms with Crippen LogP contribution in [-0.4, -0.2) is 24.7 Å². The summed E-state index contributed by atoms with van der Waals surface area (Å²) in [7, 11) is 1.63. The molecule has 0 bridgehead atoms. The van der Waals surface area contributed by atoms with Crippen LogP contribution in [-0.2, 0) is 4.79 Å². The van der Waals surface area contributed by atoms with Crippen molar-refractivity contribution in [1.29, 1.82) is 0 Å². The van der Waals surface area contributed by atoms with E-state index in [2.05, 4.69) is 5.32 Å². The van der Waals surface area contributed by atoms with E-state index in [4.69, 9.17) is 14.2 Å². The number of carbonyl (C=O) groups excluding carboxylic acids is 1. The molecule has 0 spiro atoms. The van der Waals surface area contributed by atoms with Crippen molar-refractivity contribution in [2.45, 2.75) is 58.3 Å². The molecule has 0 aromatic heterocycles. The topological polar surface area (TPSA) is 56.8 Å². The minimum absolute atomic E-state index is 0.123. The Balaban J connectivity index is 1.81. The molecule has 1 heterocycles. The number of hydrogen-bond donors (Lipinski definition) is 1. The van der Waals surface area contributed by atoms with Crippen LogP contribution in [0.2, 0.25) is 0 Å². The first-order valence-corrected chi connectivity index (χ1v) is 9.72. The smallest absolute Gasteiger partial charge is 0.261 e. The number of amides is 1. The zero-order valence-corrected chi connectivity index (χ0v) is 17.2. The summed E-state index contributed by atoms with van der Waals surface area (Å²) < 4.78 is 17.5. The van der Waals surface area contributed by atoms with E-state index in [9.17, 15) is 4.79 Å². The van der Waals surface area contributed by atoms with Gasteiger partial charge in [-0.2, -0.15) is 0 Å². The molecule has 1 aliphatic heterocycles. The molecule has 5 heteroatoms. The van der Waals surface area contributed by atoms with Crippen molar-refractivity contribution in [2.75, 3.05) is 7.11 Å². The number of carbonyl (C=O) groups is 1. The van der Waals surface area contributed by atoms with Gasteiger partial charge in [-0.25, -0.2) is 0 Å². The molecule has 0 unspecified atom stereocenters. The molecule has 0 saturated carbocycles. The number of nitrogens with one attached hydrogen (secondary N) is 1. The molecular formula is C23H29NO4. The van der Waals surface area contributed by atoms with E-state index in [1.165, 1.54) is 0 Å². The zero-order valence-electron chi connectivity index (χ0n) is 17.2. The Morgan fingerprint density at radius 1 is 1.29 bits per heavy atom. The molecule has 2 aromatic carbocycles. The first-order valence-electron chi connectivity index (χ1n) is 9.72. The van der Waals surface area contributed by atoms with Crippen LogP contribution in [0.25, 0.3) is 0 Å². The Labute approximate surface area is 167 Å². The summed E-state index contributed by atoms with van der Waals surface area (Å²) in [5.74, 6) is 2.13. The highest BCUT2D eigenvalue weighted by Crippen LogP contribution is 2.41. The predicted molar refractivity (Wildman–Crippen MR) is 109 cm³/mol. The molecule has 0 saturated heterocycles. The zero-order chi connectivity index (χ0) is 20.3. The molecule has 0 aliphatic carbocycles. The van der Waals surface area contributed by atoms with E-state index in [1.807, 2.05) is 70.2 Å². The highest BCUT2D eigenvalue weighted by Gasteiger charge is 2.36. The van der Waals surface area contributed by atoms with E-state index in [-0.39, 0.29) is 17.6 Å². The van der Waals surface area contributed by atoms with Crippen molar-refractivity contribution in [1.82, 2.24) is 5.32 Å². The van der Waals surface area contributed by atoms with Crippen LogP contribution in [0.4, 0.5) is 0 Å². The maximum atomic E-state index is 13.0. The van der Waals surface area contributed by atoms with Gasteiger partial charge in [0.25, 0.3) is 5.91 Å². The number of para-hydroxylation sites is 1. The van der Waals surface area contributed by atoms with E-state index in [0.29, 0.717) is 12.8 Å². The largest absolute Gasteiger partial charge is 0.497 e. The molecule has 0 fully saturated rings. The lowest BCUT2D eigenvalue weighted by molar-refractivity contribution is -0.129. The Hall–Kier alpha value is -2.69. The minimum atomic E-state index is -0.555. The van der Waals surface area contributed by atoms with Gasteiger partial charge in [0.15, 0.2) is 6.10 Å². The van der Waals surface area contributed by atoms with Gasteiger partial charge in [0.1, 0.15) is 22.8 Å². The number of rotatable bonds is 6. The predicted octanol–water partition coefficient (Wildman–Crippen LogP) is 4.58. The highest BCUT2D eigenvalue weighted by molar-refractivity contribution is 5.81. The van der Waals surface area contributed by atoms with Gasteiger partial charge in [-0.15, -0.1) is 0 Å². The number of hydrogen-bond acceptors (Lipinski definition) is 4. The molecule has 1 N–H and O–H groups in total. The quantitative estimate of drug-likeness (QED) is 0.793. The first kappa shape index (κ1) is 20.1. The van der Waals surface area contributed by atoms with E-state index >= 15 is 0 Å². The van der Waals surface area contributed by atoms with Crippen molar-refractivity contribution < 1.29 is 19.0 Å². The van der Waals surface area contributed by atoms with Gasteiger partial charge >= 0.3 is 0 Å². The molecule has 150 valence electrons. The van der Waals surface area contributed by atoms with Crippen molar-refractivity contribution in [2.24, 2.45) is 0 Å². The summed E-state index contributed by atoms with van der Waals surface area (Å²) in [6.07, 6.45) is 0.693. The lowest BCUT2D eigenvalue weighted by Crippen LogP contribution is -2.45. The van der Waals surface area contributed by atoms with E-state index in [0.717, 1.165) is 28.4 Å². The molecule has 1 amide bonds. The second-order valence-corrected chi connectivity index (χ2v) is 7.81. The van der Waals surface area contributed by atoms with Crippen LogP contribution in [0, 0.1) is 6.92 Å². The Bertz CT molecular complexity index is 846. The van der Waals surface area contributed by atoms with Gasteiger partial charge in [0.05, 0.1) is 13.2 Å². The van der Waals surface area contributed by atoms with Gasteiger partial charge < -0.3 is 19.5 Å². The van der Waals surface area contributed by atoms with Crippen LogP contribution in [0.3, 0.4) is 0 Å². The number of fused-ring (bicyclic) bond motifs is 1. The average Bonchev–Trinajstić information content (AvgIpc) is 2.66. The molecule has 2 atom stereocenters. The number of aryl methyl sites for hydroxylation is 1. The number of ether oxygens (including phenoxy) is 3. The molecule has 2 aromatic rings. The summed E-state index contributed by atoms with van der Waals surface area (Å²) >= 11 is 0. The third kappa shape index (κ3) is 4.41. The summed E-state index contributed by atoms with van der Waals surface area (Å²) in [6.45, 7) is 7.98. The van der Waals surface area contributed by atoms with Gasteiger partial charge in [-0.3, -0.25) is 4.79 Å². The number of benzene rings is 2. The number of methoxy groups -OCH3 is 1. The van der Waals surface area contributed by atoms with Gasteiger partial charge in [0, 0.05) is 12.0 Å². The lowest BCUT2D eigenvalue weighted by atomic mass is 9.89.